The number of benzene rings is 1. The molecule has 1 atom stereocenters. The number of nitrogens with zero attached hydrogens (tertiary/aromatic N) is 3. The Morgan fingerprint density at radius 3 is 3.06 bits per heavy atom. The van der Waals surface area contributed by atoms with Crippen LogP contribution in [0, 0.1) is 0 Å². The molecule has 0 amide bonds. The van der Waals surface area contributed by atoms with Gasteiger partial charge in [-0.1, -0.05) is 17.3 Å². The Bertz CT molecular complexity index is 511. The number of hydrogen-bond donors (Lipinski definition) is 0. The van der Waals surface area contributed by atoms with Gasteiger partial charge in [0.15, 0.2) is 0 Å². The van der Waals surface area contributed by atoms with Crippen LogP contribution in [0.15, 0.2) is 24.3 Å². The number of carbonyl (C=O) groups is 1. The number of hydrogen-bond acceptors (Lipinski definition) is 4. The van der Waals surface area contributed by atoms with Crippen molar-refractivity contribution in [3.63, 3.8) is 0 Å². The highest BCUT2D eigenvalue weighted by atomic mass is 19.1. The molecule has 0 spiro atoms. The van der Waals surface area contributed by atoms with Crippen molar-refractivity contribution < 1.29 is 13.9 Å². The third-order valence-electron chi connectivity index (χ3n) is 2.07. The van der Waals surface area contributed by atoms with E-state index in [1.54, 1.807) is 31.2 Å². The summed E-state index contributed by atoms with van der Waals surface area (Å²) in [6.45, 7) is 1.75. The van der Waals surface area contributed by atoms with Gasteiger partial charge < -0.3 is 4.74 Å². The number of esters is 1. The summed E-state index contributed by atoms with van der Waals surface area (Å²) in [6, 6.07) is 6.82. The van der Waals surface area contributed by atoms with E-state index >= 15 is 0 Å². The van der Waals surface area contributed by atoms with Crippen LogP contribution in [0.3, 0.4) is 0 Å². The van der Waals surface area contributed by atoms with Gasteiger partial charge in [-0.25, -0.2) is 13.9 Å². The minimum Gasteiger partial charge on any atom is -0.462 e. The molecule has 0 fully saturated rings. The zero-order valence-corrected chi connectivity index (χ0v) is 8.63. The fourth-order valence-corrected chi connectivity index (χ4v) is 1.37. The molecule has 1 aromatic heterocycles. The summed E-state index contributed by atoms with van der Waals surface area (Å²) in [5.41, 5.74) is 0.998. The first-order valence-corrected chi connectivity index (χ1v) is 4.84. The number of rotatable bonds is 3. The summed E-state index contributed by atoms with van der Waals surface area (Å²) < 4.78 is 19.1. The quantitative estimate of drug-likeness (QED) is 0.739. The van der Waals surface area contributed by atoms with Crippen LogP contribution in [-0.2, 0) is 9.53 Å². The monoisotopic (exact) mass is 223 g/mol. The number of ether oxygens (including phenoxy) is 1. The lowest BCUT2D eigenvalue weighted by atomic mass is 10.3. The van der Waals surface area contributed by atoms with Crippen LogP contribution in [0.25, 0.3) is 11.0 Å². The van der Waals surface area contributed by atoms with E-state index in [1.165, 1.54) is 0 Å². The lowest BCUT2D eigenvalue weighted by molar-refractivity contribution is -0.153. The fourth-order valence-electron chi connectivity index (χ4n) is 1.37. The van der Waals surface area contributed by atoms with Crippen molar-refractivity contribution in [3.05, 3.63) is 24.3 Å². The maximum Gasteiger partial charge on any atom is 0.363 e. The Morgan fingerprint density at radius 1 is 1.56 bits per heavy atom. The summed E-state index contributed by atoms with van der Waals surface area (Å²) in [5.74, 6) is -0.960. The Labute approximate surface area is 90.8 Å². The Morgan fingerprint density at radius 2 is 2.31 bits per heavy atom. The third-order valence-corrected chi connectivity index (χ3v) is 2.07. The van der Waals surface area contributed by atoms with Crippen LogP contribution in [0.2, 0.25) is 0 Å². The van der Waals surface area contributed by atoms with Gasteiger partial charge in [-0.3, -0.25) is 0 Å². The van der Waals surface area contributed by atoms with Gasteiger partial charge in [0.25, 0.3) is 6.30 Å². The van der Waals surface area contributed by atoms with Crippen molar-refractivity contribution in [2.75, 3.05) is 6.61 Å². The Kier molecular flexibility index (Phi) is 2.80. The smallest absolute Gasteiger partial charge is 0.363 e. The molecule has 0 N–H and O–H groups in total. The van der Waals surface area contributed by atoms with Crippen molar-refractivity contribution in [1.82, 2.24) is 15.0 Å². The molecule has 0 radical (unpaired) electrons. The van der Waals surface area contributed by atoms with E-state index in [9.17, 15) is 9.18 Å². The minimum atomic E-state index is -1.95. The first-order valence-electron chi connectivity index (χ1n) is 4.84. The topological polar surface area (TPSA) is 57.0 Å². The standard InChI is InChI=1S/C10H10FN3O2/c1-2-16-10(15)9(11)14-8-6-4-3-5-7(8)12-13-14/h3-6,9H,2H2,1H3. The van der Waals surface area contributed by atoms with Crippen LogP contribution >= 0.6 is 0 Å². The molecule has 1 aromatic carbocycles. The summed E-state index contributed by atoms with van der Waals surface area (Å²) >= 11 is 0. The molecule has 1 unspecified atom stereocenters. The SMILES string of the molecule is CCOC(=O)C(F)n1nnc2ccccc21. The summed E-state index contributed by atoms with van der Waals surface area (Å²) in [7, 11) is 0. The average Bonchev–Trinajstić information content (AvgIpc) is 2.72. The van der Waals surface area contributed by atoms with Crippen LogP contribution in [-0.4, -0.2) is 27.6 Å². The molecule has 84 valence electrons. The van der Waals surface area contributed by atoms with Gasteiger partial charge >= 0.3 is 5.97 Å². The van der Waals surface area contributed by atoms with Crippen LogP contribution in [0.4, 0.5) is 4.39 Å². The van der Waals surface area contributed by atoms with Gasteiger partial charge in [0.1, 0.15) is 5.52 Å². The highest BCUT2D eigenvalue weighted by molar-refractivity contribution is 5.78. The van der Waals surface area contributed by atoms with E-state index in [0.29, 0.717) is 11.0 Å². The highest BCUT2D eigenvalue weighted by Gasteiger charge is 2.23. The van der Waals surface area contributed by atoms with Gasteiger partial charge in [-0.2, -0.15) is 0 Å². The zero-order valence-electron chi connectivity index (χ0n) is 8.63. The second kappa shape index (κ2) is 4.26. The van der Waals surface area contributed by atoms with Gasteiger partial charge in [0, 0.05) is 0 Å². The van der Waals surface area contributed by atoms with Gasteiger partial charge in [-0.05, 0) is 19.1 Å². The van der Waals surface area contributed by atoms with E-state index in [2.05, 4.69) is 15.0 Å². The van der Waals surface area contributed by atoms with E-state index in [-0.39, 0.29) is 6.61 Å². The molecule has 6 heteroatoms. The van der Waals surface area contributed by atoms with Crippen LogP contribution < -0.4 is 0 Å². The molecule has 0 aliphatic heterocycles. The van der Waals surface area contributed by atoms with Crippen molar-refractivity contribution in [2.24, 2.45) is 0 Å². The number of fused-ring (bicyclic) bond motifs is 1. The molecule has 0 saturated heterocycles. The molecular weight excluding hydrogens is 213 g/mol. The van der Waals surface area contributed by atoms with Crippen LogP contribution in [0.1, 0.15) is 13.2 Å². The zero-order chi connectivity index (χ0) is 11.5. The predicted molar refractivity (Wildman–Crippen MR) is 54.3 cm³/mol. The molecular formula is C10H10FN3O2. The van der Waals surface area contributed by atoms with Crippen molar-refractivity contribution in [1.29, 1.82) is 0 Å². The van der Waals surface area contributed by atoms with E-state index in [1.807, 2.05) is 0 Å². The number of halogens is 1. The predicted octanol–water partition coefficient (Wildman–Crippen LogP) is 1.46. The Hall–Kier alpha value is -1.98. The number of carbonyl (C=O) groups excluding carboxylic acids is 1. The minimum absolute atomic E-state index is 0.131. The third kappa shape index (κ3) is 1.73. The van der Waals surface area contributed by atoms with Gasteiger partial charge in [0.05, 0.1) is 12.1 Å². The van der Waals surface area contributed by atoms with Crippen LogP contribution in [0.5, 0.6) is 0 Å². The highest BCUT2D eigenvalue weighted by Crippen LogP contribution is 2.17. The lowest BCUT2D eigenvalue weighted by Gasteiger charge is -2.07. The first kappa shape index (κ1) is 10.5. The molecule has 2 rings (SSSR count). The maximum atomic E-state index is 13.7. The number of aromatic nitrogens is 3. The normalized spacial score (nSPS) is 12.6. The molecule has 0 saturated carbocycles. The van der Waals surface area contributed by atoms with E-state index in [4.69, 9.17) is 0 Å². The van der Waals surface area contributed by atoms with E-state index < -0.39 is 12.3 Å². The second-order valence-electron chi connectivity index (χ2n) is 3.11. The fraction of sp³-hybridized carbons (Fsp3) is 0.300. The van der Waals surface area contributed by atoms with E-state index in [0.717, 1.165) is 4.68 Å². The number of para-hydroxylation sites is 1. The molecule has 0 aliphatic rings. The lowest BCUT2D eigenvalue weighted by Crippen LogP contribution is -2.19. The Balaban J connectivity index is 2.36. The summed E-state index contributed by atoms with van der Waals surface area (Å²) in [5, 5.41) is 7.34. The molecule has 2 aromatic rings. The maximum absolute atomic E-state index is 13.7. The molecule has 0 aliphatic carbocycles. The number of alkyl halides is 1. The molecule has 16 heavy (non-hydrogen) atoms. The van der Waals surface area contributed by atoms with Crippen molar-refractivity contribution >= 4 is 17.0 Å². The van der Waals surface area contributed by atoms with Crippen molar-refractivity contribution in [2.45, 2.75) is 13.2 Å². The largest absolute Gasteiger partial charge is 0.462 e. The average molecular weight is 223 g/mol. The van der Waals surface area contributed by atoms with Crippen molar-refractivity contribution in [3.8, 4) is 0 Å². The summed E-state index contributed by atoms with van der Waals surface area (Å²) in [4.78, 5) is 11.2. The second-order valence-corrected chi connectivity index (χ2v) is 3.11. The van der Waals surface area contributed by atoms with Gasteiger partial charge in [0.2, 0.25) is 0 Å². The first-order chi connectivity index (χ1) is 7.74. The molecule has 0 bridgehead atoms. The van der Waals surface area contributed by atoms with Gasteiger partial charge in [-0.15, -0.1) is 5.10 Å². The molecule has 1 heterocycles. The molecule has 5 nitrogen and oxygen atoms in total. The summed E-state index contributed by atoms with van der Waals surface area (Å²) in [6.07, 6.45) is -1.95.